The number of nitrogens with two attached hydrogens (primary N) is 1. The Bertz CT molecular complexity index is 840. The number of thiocarbonyl (C=S) groups is 1. The Morgan fingerprint density at radius 2 is 2.14 bits per heavy atom. The van der Waals surface area contributed by atoms with Crippen LogP contribution in [-0.4, -0.2) is 21.4 Å². The maximum Gasteiger partial charge on any atom is 0.184 e. The van der Waals surface area contributed by atoms with Crippen LogP contribution in [0.1, 0.15) is 5.56 Å². The monoisotopic (exact) mass is 328 g/mol. The molecule has 110 valence electrons. The van der Waals surface area contributed by atoms with Crippen LogP contribution in [0.15, 0.2) is 47.6 Å². The second-order valence-corrected chi connectivity index (χ2v) is 5.97. The molecule has 7 heteroatoms. The molecule has 3 rings (SSSR count). The molecule has 1 aromatic heterocycles. The molecule has 0 saturated carbocycles. The predicted octanol–water partition coefficient (Wildman–Crippen LogP) is 2.84. The fourth-order valence-electron chi connectivity index (χ4n) is 1.95. The van der Waals surface area contributed by atoms with Crippen molar-refractivity contribution in [3.05, 3.63) is 48.0 Å². The van der Waals surface area contributed by atoms with Crippen LogP contribution in [0.25, 0.3) is 20.8 Å². The number of phenolic OH excluding ortho intramolecular Hbond substituents is 1. The number of benzene rings is 2. The number of thiazole rings is 1. The summed E-state index contributed by atoms with van der Waals surface area (Å²) in [5, 5.41) is 14.8. The summed E-state index contributed by atoms with van der Waals surface area (Å²) in [5.74, 6) is 0.116. The van der Waals surface area contributed by atoms with Gasteiger partial charge in [-0.05, 0) is 36.5 Å². The first-order valence-electron chi connectivity index (χ1n) is 6.41. The van der Waals surface area contributed by atoms with Gasteiger partial charge in [-0.25, -0.2) is 4.98 Å². The molecule has 0 aliphatic carbocycles. The van der Waals surface area contributed by atoms with E-state index < -0.39 is 0 Å². The van der Waals surface area contributed by atoms with Crippen molar-refractivity contribution in [3.63, 3.8) is 0 Å². The molecule has 0 unspecified atom stereocenters. The van der Waals surface area contributed by atoms with Crippen molar-refractivity contribution in [1.82, 2.24) is 10.4 Å². The minimum absolute atomic E-state index is 0.0711. The first kappa shape index (κ1) is 14.4. The van der Waals surface area contributed by atoms with Gasteiger partial charge >= 0.3 is 0 Å². The van der Waals surface area contributed by atoms with E-state index in [0.29, 0.717) is 5.56 Å². The van der Waals surface area contributed by atoms with Gasteiger partial charge in [0.25, 0.3) is 0 Å². The van der Waals surface area contributed by atoms with E-state index in [-0.39, 0.29) is 10.9 Å². The number of aromatic hydroxyl groups is 1. The van der Waals surface area contributed by atoms with E-state index in [1.807, 2.05) is 30.3 Å². The molecule has 0 aliphatic heterocycles. The second kappa shape index (κ2) is 6.08. The van der Waals surface area contributed by atoms with Gasteiger partial charge < -0.3 is 10.8 Å². The lowest BCUT2D eigenvalue weighted by molar-refractivity contribution is 0.474. The predicted molar refractivity (Wildman–Crippen MR) is 94.2 cm³/mol. The van der Waals surface area contributed by atoms with Gasteiger partial charge in [-0.1, -0.05) is 18.2 Å². The highest BCUT2D eigenvalue weighted by Crippen LogP contribution is 2.32. The zero-order chi connectivity index (χ0) is 15.5. The van der Waals surface area contributed by atoms with Gasteiger partial charge in [-0.15, -0.1) is 11.3 Å². The number of nitrogens with one attached hydrogen (secondary N) is 1. The molecule has 0 saturated heterocycles. The summed E-state index contributed by atoms with van der Waals surface area (Å²) in [6, 6.07) is 13.3. The van der Waals surface area contributed by atoms with Crippen molar-refractivity contribution in [2.45, 2.75) is 0 Å². The van der Waals surface area contributed by atoms with E-state index in [2.05, 4.69) is 27.7 Å². The Kier molecular flexibility index (Phi) is 3.99. The molecule has 0 fully saturated rings. The lowest BCUT2D eigenvalue weighted by atomic mass is 10.1. The molecule has 2 aromatic carbocycles. The number of rotatable bonds is 3. The van der Waals surface area contributed by atoms with Gasteiger partial charge in [0.2, 0.25) is 0 Å². The molecule has 0 amide bonds. The summed E-state index contributed by atoms with van der Waals surface area (Å²) in [7, 11) is 0. The summed E-state index contributed by atoms with van der Waals surface area (Å²) < 4.78 is 1.11. The molecule has 0 aliphatic rings. The topological polar surface area (TPSA) is 83.5 Å². The average molecular weight is 328 g/mol. The number of phenols is 1. The van der Waals surface area contributed by atoms with Crippen LogP contribution in [-0.2, 0) is 0 Å². The van der Waals surface area contributed by atoms with Crippen LogP contribution in [0.4, 0.5) is 0 Å². The number of nitrogens with zero attached hydrogens (tertiary/aromatic N) is 2. The number of hydrazone groups is 1. The van der Waals surface area contributed by atoms with E-state index in [0.717, 1.165) is 20.8 Å². The molecular weight excluding hydrogens is 316 g/mol. The highest BCUT2D eigenvalue weighted by Gasteiger charge is 2.08. The van der Waals surface area contributed by atoms with E-state index >= 15 is 0 Å². The Balaban J connectivity index is 1.91. The minimum Gasteiger partial charge on any atom is -0.507 e. The van der Waals surface area contributed by atoms with Crippen LogP contribution in [0.3, 0.4) is 0 Å². The maximum atomic E-state index is 10.1. The summed E-state index contributed by atoms with van der Waals surface area (Å²) in [5.41, 5.74) is 10.1. The van der Waals surface area contributed by atoms with Gasteiger partial charge in [-0.3, -0.25) is 5.43 Å². The molecule has 0 spiro atoms. The zero-order valence-corrected chi connectivity index (χ0v) is 13.0. The van der Waals surface area contributed by atoms with Crippen LogP contribution in [0.2, 0.25) is 0 Å². The first-order valence-corrected chi connectivity index (χ1v) is 7.63. The third kappa shape index (κ3) is 3.05. The maximum absolute atomic E-state index is 10.1. The Morgan fingerprint density at radius 1 is 1.32 bits per heavy atom. The fourth-order valence-corrected chi connectivity index (χ4v) is 2.96. The summed E-state index contributed by atoms with van der Waals surface area (Å²) in [6.07, 6.45) is 1.45. The van der Waals surface area contributed by atoms with Crippen LogP contribution >= 0.6 is 23.6 Å². The third-order valence-electron chi connectivity index (χ3n) is 2.95. The highest BCUT2D eigenvalue weighted by atomic mass is 32.1. The Hall–Kier alpha value is -2.51. The molecule has 4 N–H and O–H groups in total. The normalized spacial score (nSPS) is 11.1. The van der Waals surface area contributed by atoms with Crippen molar-refractivity contribution in [1.29, 1.82) is 0 Å². The Morgan fingerprint density at radius 3 is 2.86 bits per heavy atom. The van der Waals surface area contributed by atoms with E-state index in [1.165, 1.54) is 6.21 Å². The zero-order valence-electron chi connectivity index (χ0n) is 11.4. The highest BCUT2D eigenvalue weighted by molar-refractivity contribution is 7.80. The molecule has 0 atom stereocenters. The van der Waals surface area contributed by atoms with Crippen molar-refractivity contribution in [3.8, 4) is 16.3 Å². The molecule has 5 nitrogen and oxygen atoms in total. The lowest BCUT2D eigenvalue weighted by Crippen LogP contribution is -2.23. The third-order valence-corrected chi connectivity index (χ3v) is 4.13. The van der Waals surface area contributed by atoms with Crippen molar-refractivity contribution in [2.24, 2.45) is 10.8 Å². The standard InChI is InChI=1S/C15H12N4OS2/c16-15(21)19-17-8-10-6-5-9(7-12(10)20)14-18-11-3-1-2-4-13(11)22-14/h1-8,20H,(H3,16,19,21)/b17-8+. The number of hydrogen-bond donors (Lipinski definition) is 3. The summed E-state index contributed by atoms with van der Waals surface area (Å²) in [4.78, 5) is 4.57. The second-order valence-electron chi connectivity index (χ2n) is 4.49. The van der Waals surface area contributed by atoms with Crippen molar-refractivity contribution in [2.75, 3.05) is 0 Å². The molecule has 1 heterocycles. The van der Waals surface area contributed by atoms with Crippen molar-refractivity contribution >= 4 is 45.1 Å². The minimum atomic E-state index is 0.0711. The SMILES string of the molecule is NC(=S)N/N=C/c1ccc(-c2nc3ccccc3s2)cc1O. The number of hydrogen-bond acceptors (Lipinski definition) is 5. The van der Waals surface area contributed by atoms with E-state index in [9.17, 15) is 5.11 Å². The molecule has 22 heavy (non-hydrogen) atoms. The number of fused-ring (bicyclic) bond motifs is 1. The van der Waals surface area contributed by atoms with Crippen LogP contribution < -0.4 is 11.2 Å². The van der Waals surface area contributed by atoms with Crippen LogP contribution in [0, 0.1) is 0 Å². The molecule has 0 bridgehead atoms. The summed E-state index contributed by atoms with van der Waals surface area (Å²) >= 11 is 6.23. The lowest BCUT2D eigenvalue weighted by Gasteiger charge is -2.02. The van der Waals surface area contributed by atoms with Gasteiger partial charge in [0.05, 0.1) is 16.4 Å². The van der Waals surface area contributed by atoms with Crippen molar-refractivity contribution < 1.29 is 5.11 Å². The van der Waals surface area contributed by atoms with Gasteiger partial charge in [0.1, 0.15) is 10.8 Å². The van der Waals surface area contributed by atoms with Gasteiger partial charge in [0, 0.05) is 11.1 Å². The Labute approximate surface area is 136 Å². The van der Waals surface area contributed by atoms with Crippen LogP contribution in [0.5, 0.6) is 5.75 Å². The molecule has 3 aromatic rings. The fraction of sp³-hybridized carbons (Fsp3) is 0. The largest absolute Gasteiger partial charge is 0.507 e. The van der Waals surface area contributed by atoms with Gasteiger partial charge in [0.15, 0.2) is 5.11 Å². The van der Waals surface area contributed by atoms with E-state index in [1.54, 1.807) is 23.5 Å². The molecular formula is C15H12N4OS2. The quantitative estimate of drug-likeness (QED) is 0.391. The summed E-state index contributed by atoms with van der Waals surface area (Å²) in [6.45, 7) is 0. The molecule has 0 radical (unpaired) electrons. The first-order chi connectivity index (χ1) is 10.6. The van der Waals surface area contributed by atoms with E-state index in [4.69, 9.17) is 5.73 Å². The smallest absolute Gasteiger partial charge is 0.184 e. The number of aromatic nitrogens is 1. The average Bonchev–Trinajstić information content (AvgIpc) is 2.92. The number of para-hydroxylation sites is 1. The van der Waals surface area contributed by atoms with Gasteiger partial charge in [-0.2, -0.15) is 5.10 Å².